The number of aromatic nitrogens is 2. The molecule has 0 aliphatic heterocycles. The molecule has 2 aromatic heterocycles. The van der Waals surface area contributed by atoms with Gasteiger partial charge in [0.15, 0.2) is 5.13 Å². The van der Waals surface area contributed by atoms with E-state index in [0.29, 0.717) is 5.69 Å². The summed E-state index contributed by atoms with van der Waals surface area (Å²) in [7, 11) is 0. The summed E-state index contributed by atoms with van der Waals surface area (Å²) in [5, 5.41) is 3.60. The third-order valence-corrected chi connectivity index (χ3v) is 3.91. The molecule has 2 aromatic rings. The van der Waals surface area contributed by atoms with Gasteiger partial charge in [0.1, 0.15) is 5.03 Å². The number of thioether (sulfide) groups is 1. The van der Waals surface area contributed by atoms with Gasteiger partial charge in [0.05, 0.1) is 17.7 Å². The number of halogens is 3. The van der Waals surface area contributed by atoms with E-state index in [-0.39, 0.29) is 17.1 Å². The van der Waals surface area contributed by atoms with Crippen LogP contribution in [-0.2, 0) is 11.2 Å². The molecule has 2 amide bonds. The number of amides is 2. The molecule has 6 nitrogen and oxygen atoms in total. The highest BCUT2D eigenvalue weighted by Gasteiger charge is 2.32. The average Bonchev–Trinajstić information content (AvgIpc) is 2.83. The van der Waals surface area contributed by atoms with Gasteiger partial charge in [-0.1, -0.05) is 0 Å². The van der Waals surface area contributed by atoms with Crippen molar-refractivity contribution in [2.75, 3.05) is 5.32 Å². The molecule has 11 heteroatoms. The minimum atomic E-state index is -4.56. The Hall–Kier alpha value is -2.14. The van der Waals surface area contributed by atoms with Crippen LogP contribution in [0.5, 0.6) is 0 Å². The molecule has 0 spiro atoms. The standard InChI is InChI=1S/C12H9F3N4O2S2/c13-12(14,15)23-10-7(2-1-3-17-10)9(21)19-11-18-6(5-22-11)4-8(16)20/h1-3,5H,4H2,(H2,16,20)(H,18,19,21). The second-order valence-corrected chi connectivity index (χ2v) is 6.06. The molecule has 122 valence electrons. The summed E-state index contributed by atoms with van der Waals surface area (Å²) in [6, 6.07) is 2.59. The van der Waals surface area contributed by atoms with Crippen molar-refractivity contribution < 1.29 is 22.8 Å². The second kappa shape index (κ2) is 6.96. The molecule has 0 atom stereocenters. The van der Waals surface area contributed by atoms with Gasteiger partial charge >= 0.3 is 5.51 Å². The molecule has 0 bridgehead atoms. The Morgan fingerprint density at radius 2 is 2.13 bits per heavy atom. The van der Waals surface area contributed by atoms with Gasteiger partial charge in [-0.25, -0.2) is 9.97 Å². The lowest BCUT2D eigenvalue weighted by Gasteiger charge is -2.09. The predicted molar refractivity (Wildman–Crippen MR) is 79.1 cm³/mol. The summed E-state index contributed by atoms with van der Waals surface area (Å²) in [6.07, 6.45) is 1.08. The number of nitrogens with zero attached hydrogens (tertiary/aromatic N) is 2. The number of carbonyl (C=O) groups is 2. The van der Waals surface area contributed by atoms with Gasteiger partial charge < -0.3 is 5.73 Å². The maximum absolute atomic E-state index is 12.5. The minimum Gasteiger partial charge on any atom is -0.369 e. The lowest BCUT2D eigenvalue weighted by atomic mass is 10.3. The van der Waals surface area contributed by atoms with E-state index in [1.807, 2.05) is 0 Å². The first-order chi connectivity index (χ1) is 10.7. The summed E-state index contributed by atoms with van der Waals surface area (Å²) >= 11 is 0.563. The Balaban J connectivity index is 2.15. The van der Waals surface area contributed by atoms with Crippen molar-refractivity contribution in [3.63, 3.8) is 0 Å². The summed E-state index contributed by atoms with van der Waals surface area (Å²) in [5.74, 6) is -1.35. The normalized spacial score (nSPS) is 11.3. The number of anilines is 1. The quantitative estimate of drug-likeness (QED) is 0.796. The van der Waals surface area contributed by atoms with Crippen LogP contribution < -0.4 is 11.1 Å². The SMILES string of the molecule is NC(=O)Cc1csc(NC(=O)c2cccnc2SC(F)(F)F)n1. The Bertz CT molecular complexity index is 733. The molecule has 23 heavy (non-hydrogen) atoms. The van der Waals surface area contributed by atoms with Crippen molar-refractivity contribution in [3.8, 4) is 0 Å². The monoisotopic (exact) mass is 362 g/mol. The van der Waals surface area contributed by atoms with Crippen LogP contribution in [0.1, 0.15) is 16.1 Å². The van der Waals surface area contributed by atoms with Gasteiger partial charge in [-0.15, -0.1) is 11.3 Å². The fourth-order valence-corrected chi connectivity index (χ4v) is 2.85. The number of rotatable bonds is 5. The number of hydrogen-bond acceptors (Lipinski definition) is 6. The van der Waals surface area contributed by atoms with Crippen molar-refractivity contribution in [2.24, 2.45) is 5.73 Å². The number of nitrogens with one attached hydrogen (secondary N) is 1. The number of carbonyl (C=O) groups excluding carboxylic acids is 2. The maximum atomic E-state index is 12.5. The fraction of sp³-hybridized carbons (Fsp3) is 0.167. The largest absolute Gasteiger partial charge is 0.447 e. The van der Waals surface area contributed by atoms with E-state index >= 15 is 0 Å². The highest BCUT2D eigenvalue weighted by molar-refractivity contribution is 8.00. The van der Waals surface area contributed by atoms with Gasteiger partial charge in [0, 0.05) is 23.3 Å². The molecule has 0 saturated carbocycles. The zero-order valence-electron chi connectivity index (χ0n) is 11.3. The van der Waals surface area contributed by atoms with E-state index < -0.39 is 34.1 Å². The first-order valence-corrected chi connectivity index (χ1v) is 7.69. The second-order valence-electron chi connectivity index (χ2n) is 4.15. The van der Waals surface area contributed by atoms with Gasteiger partial charge in [-0.05, 0) is 12.1 Å². The zero-order chi connectivity index (χ0) is 17.0. The number of primary amides is 1. The van der Waals surface area contributed by atoms with Crippen molar-refractivity contribution in [3.05, 3.63) is 35.0 Å². The minimum absolute atomic E-state index is 0.0889. The van der Waals surface area contributed by atoms with E-state index in [1.165, 1.54) is 23.7 Å². The molecule has 0 fully saturated rings. The molecular weight excluding hydrogens is 353 g/mol. The highest BCUT2D eigenvalue weighted by atomic mass is 32.2. The van der Waals surface area contributed by atoms with Gasteiger partial charge in [-0.3, -0.25) is 14.9 Å². The predicted octanol–water partition coefficient (Wildman–Crippen LogP) is 2.43. The number of hydrogen-bond donors (Lipinski definition) is 2. The molecule has 0 saturated heterocycles. The van der Waals surface area contributed by atoms with Crippen molar-refractivity contribution in [1.82, 2.24) is 9.97 Å². The van der Waals surface area contributed by atoms with Crippen LogP contribution in [0.4, 0.5) is 18.3 Å². The lowest BCUT2D eigenvalue weighted by molar-refractivity contribution is -0.117. The Labute approximate surface area is 136 Å². The van der Waals surface area contributed by atoms with Gasteiger partial charge in [0.25, 0.3) is 5.91 Å². The Morgan fingerprint density at radius 1 is 1.39 bits per heavy atom. The van der Waals surface area contributed by atoms with Crippen LogP contribution in [0.2, 0.25) is 0 Å². The summed E-state index contributed by atoms with van der Waals surface area (Å²) in [5.41, 5.74) is 0.618. The van der Waals surface area contributed by atoms with Crippen LogP contribution in [-0.4, -0.2) is 27.3 Å². The maximum Gasteiger partial charge on any atom is 0.447 e. The summed E-state index contributed by atoms with van der Waals surface area (Å²) in [6.45, 7) is 0. The smallest absolute Gasteiger partial charge is 0.369 e. The van der Waals surface area contributed by atoms with Gasteiger partial charge in [0.2, 0.25) is 5.91 Å². The molecule has 0 unspecified atom stereocenters. The van der Waals surface area contributed by atoms with E-state index in [9.17, 15) is 22.8 Å². The molecule has 2 rings (SSSR count). The molecule has 0 aliphatic carbocycles. The van der Waals surface area contributed by atoms with Crippen LogP contribution >= 0.6 is 23.1 Å². The first kappa shape index (κ1) is 17.2. The number of pyridine rings is 1. The van der Waals surface area contributed by atoms with Crippen molar-refractivity contribution in [1.29, 1.82) is 0 Å². The zero-order valence-corrected chi connectivity index (χ0v) is 12.9. The van der Waals surface area contributed by atoms with Crippen LogP contribution in [0.15, 0.2) is 28.7 Å². The van der Waals surface area contributed by atoms with E-state index in [4.69, 9.17) is 5.73 Å². The van der Waals surface area contributed by atoms with Crippen LogP contribution in [0, 0.1) is 0 Å². The number of nitrogens with two attached hydrogens (primary N) is 1. The van der Waals surface area contributed by atoms with E-state index in [0.717, 1.165) is 11.3 Å². The topological polar surface area (TPSA) is 98.0 Å². The average molecular weight is 362 g/mol. The number of thiazole rings is 1. The third kappa shape index (κ3) is 5.21. The molecule has 3 N–H and O–H groups in total. The number of alkyl halides is 3. The van der Waals surface area contributed by atoms with Crippen LogP contribution in [0.25, 0.3) is 0 Å². The fourth-order valence-electron chi connectivity index (χ4n) is 1.54. The Morgan fingerprint density at radius 3 is 2.78 bits per heavy atom. The van der Waals surface area contributed by atoms with E-state index in [2.05, 4.69) is 15.3 Å². The highest BCUT2D eigenvalue weighted by Crippen LogP contribution is 2.37. The van der Waals surface area contributed by atoms with Gasteiger partial charge in [-0.2, -0.15) is 13.2 Å². The van der Waals surface area contributed by atoms with Crippen molar-refractivity contribution in [2.45, 2.75) is 17.0 Å². The summed E-state index contributed by atoms with van der Waals surface area (Å²) < 4.78 is 37.4. The molecule has 0 aromatic carbocycles. The third-order valence-electron chi connectivity index (χ3n) is 2.36. The first-order valence-electron chi connectivity index (χ1n) is 5.99. The lowest BCUT2D eigenvalue weighted by Crippen LogP contribution is -2.16. The Kier molecular flexibility index (Phi) is 5.21. The molecular formula is C12H9F3N4O2S2. The molecule has 2 heterocycles. The van der Waals surface area contributed by atoms with Crippen molar-refractivity contribution >= 4 is 40.0 Å². The summed E-state index contributed by atoms with van der Waals surface area (Å²) in [4.78, 5) is 30.4. The molecule has 0 radical (unpaired) electrons. The van der Waals surface area contributed by atoms with Crippen LogP contribution in [0.3, 0.4) is 0 Å². The molecule has 0 aliphatic rings. The van der Waals surface area contributed by atoms with E-state index in [1.54, 1.807) is 0 Å².